The van der Waals surface area contributed by atoms with Crippen molar-refractivity contribution in [2.75, 3.05) is 18.0 Å². The van der Waals surface area contributed by atoms with E-state index in [0.717, 1.165) is 22.6 Å². The molecule has 1 N–H and O–H groups in total. The minimum atomic E-state index is 0.528. The van der Waals surface area contributed by atoms with Crippen LogP contribution in [-0.4, -0.2) is 25.2 Å². The molecule has 1 aromatic rings. The summed E-state index contributed by atoms with van der Waals surface area (Å²) in [6, 6.07) is 7.40. The average Bonchev–Trinajstić information content (AvgIpc) is 2.42. The van der Waals surface area contributed by atoms with Crippen LogP contribution in [0.5, 0.6) is 0 Å². The third kappa shape index (κ3) is 3.69. The molecule has 1 aromatic carbocycles. The Morgan fingerprint density at radius 2 is 2.20 bits per heavy atom. The van der Waals surface area contributed by atoms with Gasteiger partial charge in [0.15, 0.2) is 0 Å². The van der Waals surface area contributed by atoms with Crippen molar-refractivity contribution in [2.24, 2.45) is 5.92 Å². The number of nitrogens with zero attached hydrogens (tertiary/aromatic N) is 1. The predicted molar refractivity (Wildman–Crippen MR) is 91.8 cm³/mol. The molecular weight excluding hydrogens is 336 g/mol. The molecule has 0 radical (unpaired) electrons. The summed E-state index contributed by atoms with van der Waals surface area (Å²) in [5.41, 5.74) is 1.24. The van der Waals surface area contributed by atoms with E-state index in [1.165, 1.54) is 18.5 Å². The fourth-order valence-corrected chi connectivity index (χ4v) is 3.35. The number of piperazine rings is 1. The van der Waals surface area contributed by atoms with Gasteiger partial charge in [-0.3, -0.25) is 0 Å². The van der Waals surface area contributed by atoms with Crippen LogP contribution in [0.25, 0.3) is 0 Å². The van der Waals surface area contributed by atoms with Crippen LogP contribution in [0.1, 0.15) is 33.6 Å². The first-order valence-corrected chi connectivity index (χ1v) is 8.65. The average molecular weight is 360 g/mol. The smallest absolute Gasteiger partial charge is 0.0568 e. The zero-order chi connectivity index (χ0) is 14.7. The Balaban J connectivity index is 2.24. The lowest BCUT2D eigenvalue weighted by Gasteiger charge is -2.44. The summed E-state index contributed by atoms with van der Waals surface area (Å²) in [5, 5.41) is 4.48. The van der Waals surface area contributed by atoms with Crippen molar-refractivity contribution in [3.63, 3.8) is 0 Å². The number of benzene rings is 1. The van der Waals surface area contributed by atoms with Gasteiger partial charge in [0.2, 0.25) is 0 Å². The van der Waals surface area contributed by atoms with Crippen molar-refractivity contribution in [2.45, 2.75) is 45.7 Å². The van der Waals surface area contributed by atoms with Crippen molar-refractivity contribution in [1.82, 2.24) is 5.32 Å². The first-order chi connectivity index (χ1) is 9.52. The van der Waals surface area contributed by atoms with Crippen LogP contribution >= 0.6 is 27.5 Å². The molecule has 0 amide bonds. The van der Waals surface area contributed by atoms with E-state index in [0.29, 0.717) is 18.0 Å². The second-order valence-electron chi connectivity index (χ2n) is 5.96. The summed E-state index contributed by atoms with van der Waals surface area (Å²) in [6.07, 6.45) is 2.45. The minimum Gasteiger partial charge on any atom is -0.365 e. The van der Waals surface area contributed by atoms with E-state index >= 15 is 0 Å². The normalized spacial score (nSPS) is 23.4. The van der Waals surface area contributed by atoms with Gasteiger partial charge in [0.25, 0.3) is 0 Å². The number of anilines is 1. The van der Waals surface area contributed by atoms with E-state index < -0.39 is 0 Å². The van der Waals surface area contributed by atoms with Crippen molar-refractivity contribution in [3.05, 3.63) is 27.7 Å². The largest absolute Gasteiger partial charge is 0.365 e. The van der Waals surface area contributed by atoms with Crippen molar-refractivity contribution >= 4 is 33.2 Å². The van der Waals surface area contributed by atoms with Gasteiger partial charge in [-0.15, -0.1) is 0 Å². The third-order valence-electron chi connectivity index (χ3n) is 4.07. The summed E-state index contributed by atoms with van der Waals surface area (Å²) in [4.78, 5) is 2.53. The quantitative estimate of drug-likeness (QED) is 0.838. The maximum atomic E-state index is 6.27. The maximum Gasteiger partial charge on any atom is 0.0568 e. The molecule has 1 fully saturated rings. The summed E-state index contributed by atoms with van der Waals surface area (Å²) < 4.78 is 0.962. The van der Waals surface area contributed by atoms with Crippen LogP contribution in [0.15, 0.2) is 22.7 Å². The molecule has 1 saturated heterocycles. The zero-order valence-corrected chi connectivity index (χ0v) is 14.8. The van der Waals surface area contributed by atoms with Gasteiger partial charge in [-0.25, -0.2) is 0 Å². The van der Waals surface area contributed by atoms with Crippen LogP contribution < -0.4 is 10.2 Å². The van der Waals surface area contributed by atoms with E-state index in [2.05, 4.69) is 59.1 Å². The molecule has 1 aliphatic rings. The summed E-state index contributed by atoms with van der Waals surface area (Å²) in [7, 11) is 0. The van der Waals surface area contributed by atoms with Gasteiger partial charge in [0.05, 0.1) is 5.02 Å². The first-order valence-electron chi connectivity index (χ1n) is 7.48. The Bertz CT molecular complexity index is 450. The van der Waals surface area contributed by atoms with E-state index in [-0.39, 0.29) is 0 Å². The van der Waals surface area contributed by atoms with Crippen molar-refractivity contribution in [1.29, 1.82) is 0 Å². The topological polar surface area (TPSA) is 15.3 Å². The molecule has 4 heteroatoms. The molecule has 0 aromatic heterocycles. The fraction of sp³-hybridized carbons (Fsp3) is 0.625. The van der Waals surface area contributed by atoms with E-state index in [9.17, 15) is 0 Å². The van der Waals surface area contributed by atoms with Crippen LogP contribution in [0.2, 0.25) is 5.02 Å². The maximum absolute atomic E-state index is 6.27. The molecule has 20 heavy (non-hydrogen) atoms. The SMILES string of the molecule is CCCC1CN(c2ccc(Br)c(Cl)c2)C(C(C)C)CN1. The van der Waals surface area contributed by atoms with Gasteiger partial charge in [-0.1, -0.05) is 38.8 Å². The van der Waals surface area contributed by atoms with E-state index in [1.807, 2.05) is 6.07 Å². The van der Waals surface area contributed by atoms with Gasteiger partial charge in [0, 0.05) is 35.3 Å². The monoisotopic (exact) mass is 358 g/mol. The Kier molecular flexibility index (Phi) is 5.76. The molecule has 2 unspecified atom stereocenters. The fourth-order valence-electron chi connectivity index (χ4n) is 2.93. The molecule has 1 heterocycles. The number of nitrogens with one attached hydrogen (secondary N) is 1. The molecule has 0 saturated carbocycles. The minimum absolute atomic E-state index is 0.528. The van der Waals surface area contributed by atoms with Crippen LogP contribution in [-0.2, 0) is 0 Å². The van der Waals surface area contributed by atoms with Crippen LogP contribution in [0, 0.1) is 5.92 Å². The first kappa shape index (κ1) is 16.1. The van der Waals surface area contributed by atoms with Gasteiger partial charge < -0.3 is 10.2 Å². The Morgan fingerprint density at radius 3 is 2.80 bits per heavy atom. The van der Waals surface area contributed by atoms with Gasteiger partial charge in [0.1, 0.15) is 0 Å². The number of rotatable bonds is 4. The molecule has 1 aliphatic heterocycles. The number of hydrogen-bond donors (Lipinski definition) is 1. The van der Waals surface area contributed by atoms with Gasteiger partial charge in [-0.05, 0) is 46.5 Å². The van der Waals surface area contributed by atoms with E-state index in [4.69, 9.17) is 11.6 Å². The summed E-state index contributed by atoms with van der Waals surface area (Å²) >= 11 is 9.74. The van der Waals surface area contributed by atoms with Crippen LogP contribution in [0.4, 0.5) is 5.69 Å². The molecule has 0 aliphatic carbocycles. The Morgan fingerprint density at radius 1 is 1.45 bits per heavy atom. The third-order valence-corrected chi connectivity index (χ3v) is 5.31. The molecule has 0 spiro atoms. The van der Waals surface area contributed by atoms with Crippen LogP contribution in [0.3, 0.4) is 0 Å². The zero-order valence-electron chi connectivity index (χ0n) is 12.5. The highest BCUT2D eigenvalue weighted by Crippen LogP contribution is 2.31. The second kappa shape index (κ2) is 7.15. The predicted octanol–water partition coefficient (Wildman–Crippen LogP) is 4.71. The molecular formula is C16H24BrClN2. The standard InChI is InChI=1S/C16H24BrClN2/c1-4-5-12-10-20(16(9-19-12)11(2)3)13-6-7-14(17)15(18)8-13/h6-8,11-12,16,19H,4-5,9-10H2,1-3H3. The van der Waals surface area contributed by atoms with Gasteiger partial charge >= 0.3 is 0 Å². The highest BCUT2D eigenvalue weighted by Gasteiger charge is 2.29. The highest BCUT2D eigenvalue weighted by atomic mass is 79.9. The molecule has 0 bridgehead atoms. The van der Waals surface area contributed by atoms with E-state index in [1.54, 1.807) is 0 Å². The second-order valence-corrected chi connectivity index (χ2v) is 7.22. The Labute approximate surface area is 136 Å². The molecule has 2 atom stereocenters. The Hall–Kier alpha value is -0.250. The summed E-state index contributed by atoms with van der Waals surface area (Å²) in [6.45, 7) is 8.95. The molecule has 112 valence electrons. The lowest BCUT2D eigenvalue weighted by atomic mass is 9.96. The molecule has 2 rings (SSSR count). The lowest BCUT2D eigenvalue weighted by molar-refractivity contribution is 0.327. The highest BCUT2D eigenvalue weighted by molar-refractivity contribution is 9.10. The summed E-state index contributed by atoms with van der Waals surface area (Å²) in [5.74, 6) is 0.618. The van der Waals surface area contributed by atoms with Crippen molar-refractivity contribution in [3.8, 4) is 0 Å². The number of hydrogen-bond acceptors (Lipinski definition) is 2. The molecule has 2 nitrogen and oxygen atoms in total. The lowest BCUT2D eigenvalue weighted by Crippen LogP contribution is -2.58. The van der Waals surface area contributed by atoms with Gasteiger partial charge in [-0.2, -0.15) is 0 Å². The number of halogens is 2. The van der Waals surface area contributed by atoms with Crippen molar-refractivity contribution < 1.29 is 0 Å².